The van der Waals surface area contributed by atoms with Gasteiger partial charge in [-0.1, -0.05) is 18.2 Å². The maximum absolute atomic E-state index is 13.0. The van der Waals surface area contributed by atoms with Crippen LogP contribution in [0, 0.1) is 5.82 Å². The first kappa shape index (κ1) is 14.2. The van der Waals surface area contributed by atoms with E-state index in [-0.39, 0.29) is 11.7 Å². The first-order valence-corrected chi connectivity index (χ1v) is 7.39. The number of carbonyl (C=O) groups is 1. The van der Waals surface area contributed by atoms with Gasteiger partial charge in [-0.15, -0.1) is 0 Å². The molecule has 0 aliphatic carbocycles. The molecule has 4 rings (SSSR count). The zero-order valence-corrected chi connectivity index (χ0v) is 12.5. The molecule has 3 aromatic rings. The average molecular weight is 320 g/mol. The van der Waals surface area contributed by atoms with Crippen LogP contribution < -0.4 is 10.7 Å². The van der Waals surface area contributed by atoms with Gasteiger partial charge in [-0.2, -0.15) is 5.10 Å². The van der Waals surface area contributed by atoms with Crippen molar-refractivity contribution in [2.75, 3.05) is 5.32 Å². The maximum Gasteiger partial charge on any atom is 0.275 e. The molecule has 0 saturated heterocycles. The third kappa shape index (κ3) is 2.54. The van der Waals surface area contributed by atoms with Crippen molar-refractivity contribution in [2.45, 2.75) is 0 Å². The summed E-state index contributed by atoms with van der Waals surface area (Å²) in [6.07, 6.45) is 3.62. The van der Waals surface area contributed by atoms with Crippen molar-refractivity contribution in [1.29, 1.82) is 0 Å². The Bertz CT molecular complexity index is 986. The van der Waals surface area contributed by atoms with Crippen LogP contribution in [0.4, 0.5) is 10.1 Å². The molecule has 0 spiro atoms. The highest BCUT2D eigenvalue weighted by atomic mass is 19.1. The number of fused-ring (bicyclic) bond motifs is 1. The predicted octanol–water partition coefficient (Wildman–Crippen LogP) is 3.25. The second-order valence-corrected chi connectivity index (χ2v) is 5.38. The lowest BCUT2D eigenvalue weighted by atomic mass is 10.1. The van der Waals surface area contributed by atoms with Gasteiger partial charge in [-0.25, -0.2) is 9.82 Å². The molecule has 1 aliphatic heterocycles. The molecule has 1 amide bonds. The van der Waals surface area contributed by atoms with E-state index in [4.69, 9.17) is 0 Å². The van der Waals surface area contributed by atoms with E-state index < -0.39 is 0 Å². The third-order valence-corrected chi connectivity index (χ3v) is 3.80. The number of anilines is 1. The number of amides is 1. The van der Waals surface area contributed by atoms with Crippen LogP contribution in [-0.2, 0) is 4.79 Å². The number of hydrogen-bond acceptors (Lipinski definition) is 3. The Balaban J connectivity index is 1.68. The molecule has 0 saturated carbocycles. The molecule has 3 N–H and O–H groups in total. The number of hydrogen-bond donors (Lipinski definition) is 3. The Labute approximate surface area is 136 Å². The fraction of sp³-hybridized carbons (Fsp3) is 0. The smallest absolute Gasteiger partial charge is 0.275 e. The van der Waals surface area contributed by atoms with Gasteiger partial charge in [0, 0.05) is 28.4 Å². The second kappa shape index (κ2) is 5.66. The van der Waals surface area contributed by atoms with Crippen LogP contribution in [0.2, 0.25) is 0 Å². The number of para-hydroxylation sites is 1. The molecule has 0 fully saturated rings. The quantitative estimate of drug-likeness (QED) is 0.634. The fourth-order valence-electron chi connectivity index (χ4n) is 2.60. The number of nitrogens with one attached hydrogen (secondary N) is 3. The Morgan fingerprint density at radius 3 is 2.71 bits per heavy atom. The summed E-state index contributed by atoms with van der Waals surface area (Å²) in [5.74, 6) is -0.209. The summed E-state index contributed by atoms with van der Waals surface area (Å²) >= 11 is 0. The van der Waals surface area contributed by atoms with E-state index in [0.29, 0.717) is 17.1 Å². The van der Waals surface area contributed by atoms with Crippen molar-refractivity contribution in [3.8, 4) is 0 Å². The van der Waals surface area contributed by atoms with Gasteiger partial charge in [0.05, 0.1) is 5.57 Å². The van der Waals surface area contributed by atoms with Crippen molar-refractivity contribution >= 4 is 34.4 Å². The molecular weight excluding hydrogens is 307 g/mol. The van der Waals surface area contributed by atoms with E-state index in [2.05, 4.69) is 20.8 Å². The molecule has 0 unspecified atom stereocenters. The van der Waals surface area contributed by atoms with Crippen LogP contribution in [0.3, 0.4) is 0 Å². The van der Waals surface area contributed by atoms with Gasteiger partial charge in [0.2, 0.25) is 0 Å². The normalized spacial score (nSPS) is 15.6. The fourth-order valence-corrected chi connectivity index (χ4v) is 2.60. The van der Waals surface area contributed by atoms with Crippen molar-refractivity contribution in [3.63, 3.8) is 0 Å². The summed E-state index contributed by atoms with van der Waals surface area (Å²) in [6, 6.07) is 13.7. The number of rotatable bonds is 2. The Hall–Kier alpha value is -3.41. The zero-order chi connectivity index (χ0) is 16.5. The minimum Gasteiger partial charge on any atom is -0.361 e. The third-order valence-electron chi connectivity index (χ3n) is 3.80. The van der Waals surface area contributed by atoms with Crippen LogP contribution in [0.5, 0.6) is 0 Å². The molecule has 0 bridgehead atoms. The number of aromatic amines is 1. The highest BCUT2D eigenvalue weighted by Gasteiger charge is 2.23. The first-order chi connectivity index (χ1) is 11.7. The number of halogens is 1. The Kier molecular flexibility index (Phi) is 3.35. The molecule has 5 nitrogen and oxygen atoms in total. The lowest BCUT2D eigenvalue weighted by Crippen LogP contribution is -2.17. The van der Waals surface area contributed by atoms with Crippen molar-refractivity contribution in [3.05, 3.63) is 71.7 Å². The summed E-state index contributed by atoms with van der Waals surface area (Å²) in [6.45, 7) is 0. The number of benzene rings is 2. The van der Waals surface area contributed by atoms with Crippen LogP contribution in [0.25, 0.3) is 17.0 Å². The van der Waals surface area contributed by atoms with E-state index in [1.807, 2.05) is 30.5 Å². The Morgan fingerprint density at radius 1 is 1.08 bits per heavy atom. The predicted molar refractivity (Wildman–Crippen MR) is 91.9 cm³/mol. The average Bonchev–Trinajstić information content (AvgIpc) is 3.16. The highest BCUT2D eigenvalue weighted by Crippen LogP contribution is 2.22. The SMILES string of the molecule is O=C1NN=C(Nc2ccc(F)cc2)C1=Cc1c[nH]c2ccccc12. The van der Waals surface area contributed by atoms with Gasteiger partial charge < -0.3 is 10.3 Å². The Morgan fingerprint density at radius 2 is 1.88 bits per heavy atom. The molecule has 6 heteroatoms. The topological polar surface area (TPSA) is 69.3 Å². The summed E-state index contributed by atoms with van der Waals surface area (Å²) in [7, 11) is 0. The number of aromatic nitrogens is 1. The van der Waals surface area contributed by atoms with Gasteiger partial charge in [0.15, 0.2) is 5.84 Å². The molecule has 2 aromatic carbocycles. The molecule has 1 aromatic heterocycles. The van der Waals surface area contributed by atoms with Crippen molar-refractivity contribution in [1.82, 2.24) is 10.4 Å². The number of hydrazone groups is 1. The first-order valence-electron chi connectivity index (χ1n) is 7.39. The highest BCUT2D eigenvalue weighted by molar-refractivity contribution is 6.30. The monoisotopic (exact) mass is 320 g/mol. The molecule has 0 atom stereocenters. The lowest BCUT2D eigenvalue weighted by Gasteiger charge is -2.05. The van der Waals surface area contributed by atoms with E-state index in [0.717, 1.165) is 16.5 Å². The zero-order valence-electron chi connectivity index (χ0n) is 12.5. The number of H-pyrrole nitrogens is 1. The summed E-state index contributed by atoms with van der Waals surface area (Å²) in [5, 5.41) is 8.06. The van der Waals surface area contributed by atoms with Crippen molar-refractivity contribution < 1.29 is 9.18 Å². The minimum absolute atomic E-state index is 0.287. The summed E-state index contributed by atoms with van der Waals surface area (Å²) < 4.78 is 13.0. The van der Waals surface area contributed by atoms with Crippen LogP contribution in [0.1, 0.15) is 5.56 Å². The van der Waals surface area contributed by atoms with Gasteiger partial charge in [0.1, 0.15) is 5.82 Å². The molecule has 2 heterocycles. The molecular formula is C18H13FN4O. The summed E-state index contributed by atoms with van der Waals surface area (Å²) in [4.78, 5) is 15.3. The van der Waals surface area contributed by atoms with Crippen LogP contribution in [-0.4, -0.2) is 16.7 Å². The molecule has 24 heavy (non-hydrogen) atoms. The van der Waals surface area contributed by atoms with Gasteiger partial charge in [0.25, 0.3) is 5.91 Å². The molecule has 118 valence electrons. The van der Waals surface area contributed by atoms with E-state index in [1.54, 1.807) is 18.2 Å². The number of amidine groups is 1. The minimum atomic E-state index is -0.322. The number of carbonyl (C=O) groups excluding carboxylic acids is 1. The van der Waals surface area contributed by atoms with Crippen LogP contribution >= 0.6 is 0 Å². The van der Waals surface area contributed by atoms with E-state index >= 15 is 0 Å². The van der Waals surface area contributed by atoms with Gasteiger partial charge in [-0.3, -0.25) is 4.79 Å². The largest absolute Gasteiger partial charge is 0.361 e. The summed E-state index contributed by atoms with van der Waals surface area (Å²) in [5.41, 5.74) is 5.40. The maximum atomic E-state index is 13.0. The number of nitrogens with zero attached hydrogens (tertiary/aromatic N) is 1. The van der Waals surface area contributed by atoms with Crippen molar-refractivity contribution in [2.24, 2.45) is 5.10 Å². The van der Waals surface area contributed by atoms with Gasteiger partial charge in [-0.05, 0) is 36.4 Å². The standard InChI is InChI=1S/C18H13FN4O/c19-12-5-7-13(8-6-12)21-17-15(18(24)23-22-17)9-11-10-20-16-4-2-1-3-14(11)16/h1-10,20H,(H,21,22)(H,23,24). The van der Waals surface area contributed by atoms with Crippen LogP contribution in [0.15, 0.2) is 65.4 Å². The second-order valence-electron chi connectivity index (χ2n) is 5.38. The molecule has 1 aliphatic rings. The van der Waals surface area contributed by atoms with E-state index in [9.17, 15) is 9.18 Å². The van der Waals surface area contributed by atoms with Gasteiger partial charge >= 0.3 is 0 Å². The van der Waals surface area contributed by atoms with E-state index in [1.165, 1.54) is 12.1 Å². The molecule has 0 radical (unpaired) electrons. The lowest BCUT2D eigenvalue weighted by molar-refractivity contribution is -0.116.